The molecule has 6 heteroatoms. The second-order valence-electron chi connectivity index (χ2n) is 3.86. The van der Waals surface area contributed by atoms with Crippen molar-refractivity contribution < 1.29 is 13.6 Å². The molecule has 1 N–H and O–H groups in total. The van der Waals surface area contributed by atoms with Gasteiger partial charge in [0.15, 0.2) is 11.6 Å². The lowest BCUT2D eigenvalue weighted by molar-refractivity contribution is 0.102. The Morgan fingerprint density at radius 3 is 2.47 bits per heavy atom. The van der Waals surface area contributed by atoms with Crippen molar-refractivity contribution in [3.63, 3.8) is 0 Å². The van der Waals surface area contributed by atoms with Crippen molar-refractivity contribution in [3.8, 4) is 0 Å². The summed E-state index contributed by atoms with van der Waals surface area (Å²) in [6.07, 6.45) is 0. The Morgan fingerprint density at radius 1 is 1.26 bits per heavy atom. The molecule has 3 nitrogen and oxygen atoms in total. The second-order valence-corrected chi connectivity index (χ2v) is 4.78. The Bertz CT molecular complexity index is 623. The largest absolute Gasteiger partial charge is 0.316 e. The van der Waals surface area contributed by atoms with Gasteiger partial charge in [-0.05, 0) is 31.2 Å². The van der Waals surface area contributed by atoms with Crippen LogP contribution in [0.2, 0.25) is 0 Å². The van der Waals surface area contributed by atoms with Crippen molar-refractivity contribution in [1.82, 2.24) is 4.98 Å². The fourth-order valence-corrected chi connectivity index (χ4v) is 1.91. The zero-order valence-electron chi connectivity index (χ0n) is 9.88. The molecule has 0 unspecified atom stereocenters. The zero-order chi connectivity index (χ0) is 14.0. The Balaban J connectivity index is 2.29. The van der Waals surface area contributed by atoms with Crippen LogP contribution in [0.25, 0.3) is 0 Å². The van der Waals surface area contributed by atoms with E-state index in [0.717, 1.165) is 12.1 Å². The fraction of sp³-hybridized carbons (Fsp3) is 0.0769. The standard InChI is InChI=1S/C13H9BrF2N2O/c1-7-3-2-4-11(17-7)13(19)18-12-9(15)5-8(14)6-10(12)16/h2-6H,1H3,(H,18,19). The van der Waals surface area contributed by atoms with E-state index in [2.05, 4.69) is 26.2 Å². The van der Waals surface area contributed by atoms with Gasteiger partial charge in [-0.1, -0.05) is 22.0 Å². The highest BCUT2D eigenvalue weighted by molar-refractivity contribution is 9.10. The molecule has 2 aromatic rings. The van der Waals surface area contributed by atoms with Crippen molar-refractivity contribution in [3.05, 3.63) is 57.8 Å². The van der Waals surface area contributed by atoms with Crippen molar-refractivity contribution in [2.45, 2.75) is 6.92 Å². The number of halogens is 3. The van der Waals surface area contributed by atoms with Crippen molar-refractivity contribution in [1.29, 1.82) is 0 Å². The van der Waals surface area contributed by atoms with Crippen LogP contribution in [0.3, 0.4) is 0 Å². The normalized spacial score (nSPS) is 10.3. The van der Waals surface area contributed by atoms with E-state index >= 15 is 0 Å². The molecule has 1 heterocycles. The van der Waals surface area contributed by atoms with Gasteiger partial charge in [-0.15, -0.1) is 0 Å². The number of anilines is 1. The van der Waals surface area contributed by atoms with Crippen LogP contribution in [0.4, 0.5) is 14.5 Å². The van der Waals surface area contributed by atoms with Crippen LogP contribution in [0.1, 0.15) is 16.2 Å². The minimum atomic E-state index is -0.854. The minimum Gasteiger partial charge on any atom is -0.316 e. The molecule has 0 aliphatic heterocycles. The second kappa shape index (κ2) is 5.44. The summed E-state index contributed by atoms with van der Waals surface area (Å²) in [7, 11) is 0. The van der Waals surface area contributed by atoms with Gasteiger partial charge in [-0.3, -0.25) is 4.79 Å². The van der Waals surface area contributed by atoms with Crippen molar-refractivity contribution in [2.75, 3.05) is 5.32 Å². The summed E-state index contributed by atoms with van der Waals surface area (Å²) in [6.45, 7) is 1.72. The molecule has 1 aromatic carbocycles. The lowest BCUT2D eigenvalue weighted by atomic mass is 10.2. The first-order valence-electron chi connectivity index (χ1n) is 5.37. The van der Waals surface area contributed by atoms with Gasteiger partial charge in [-0.25, -0.2) is 13.8 Å². The van der Waals surface area contributed by atoms with E-state index in [-0.39, 0.29) is 10.2 Å². The average Bonchev–Trinajstić information content (AvgIpc) is 2.33. The van der Waals surface area contributed by atoms with Crippen molar-refractivity contribution >= 4 is 27.5 Å². The lowest BCUT2D eigenvalue weighted by Crippen LogP contribution is -2.16. The number of aromatic nitrogens is 1. The summed E-state index contributed by atoms with van der Waals surface area (Å²) >= 11 is 2.96. The number of hydrogen-bond acceptors (Lipinski definition) is 2. The predicted molar refractivity (Wildman–Crippen MR) is 71.0 cm³/mol. The third-order valence-corrected chi connectivity index (χ3v) is 2.82. The number of carbonyl (C=O) groups excluding carboxylic acids is 1. The van der Waals surface area contributed by atoms with Gasteiger partial charge in [0.05, 0.1) is 0 Å². The highest BCUT2D eigenvalue weighted by atomic mass is 79.9. The quantitative estimate of drug-likeness (QED) is 0.914. The summed E-state index contributed by atoms with van der Waals surface area (Å²) < 4.78 is 27.4. The number of hydrogen-bond donors (Lipinski definition) is 1. The van der Waals surface area contributed by atoms with E-state index in [9.17, 15) is 13.6 Å². The minimum absolute atomic E-state index is 0.0988. The van der Waals surface area contributed by atoms with Crippen LogP contribution < -0.4 is 5.32 Å². The van der Waals surface area contributed by atoms with E-state index in [1.54, 1.807) is 19.1 Å². The molecule has 1 aromatic heterocycles. The third-order valence-electron chi connectivity index (χ3n) is 2.37. The number of aryl methyl sites for hydroxylation is 1. The summed E-state index contributed by atoms with van der Waals surface area (Å²) in [4.78, 5) is 15.8. The lowest BCUT2D eigenvalue weighted by Gasteiger charge is -2.08. The monoisotopic (exact) mass is 326 g/mol. The average molecular weight is 327 g/mol. The van der Waals surface area contributed by atoms with E-state index in [0.29, 0.717) is 5.69 Å². The fourth-order valence-electron chi connectivity index (χ4n) is 1.51. The third kappa shape index (κ3) is 3.14. The number of benzene rings is 1. The molecular formula is C13H9BrF2N2O. The van der Waals surface area contributed by atoms with Gasteiger partial charge in [0.2, 0.25) is 0 Å². The molecule has 0 fully saturated rings. The zero-order valence-corrected chi connectivity index (χ0v) is 11.5. The topological polar surface area (TPSA) is 42.0 Å². The first-order chi connectivity index (χ1) is 8.97. The maximum atomic E-state index is 13.6. The van der Waals surface area contributed by atoms with Crippen LogP contribution in [0.5, 0.6) is 0 Å². The molecule has 0 spiro atoms. The number of nitrogens with zero attached hydrogens (tertiary/aromatic N) is 1. The maximum absolute atomic E-state index is 13.6. The van der Waals surface area contributed by atoms with Crippen LogP contribution in [0.15, 0.2) is 34.8 Å². The molecule has 98 valence electrons. The van der Waals surface area contributed by atoms with Crippen LogP contribution in [0, 0.1) is 18.6 Å². The molecule has 0 radical (unpaired) electrons. The highest BCUT2D eigenvalue weighted by Gasteiger charge is 2.15. The summed E-state index contributed by atoms with van der Waals surface area (Å²) in [5, 5.41) is 2.18. The number of pyridine rings is 1. The smallest absolute Gasteiger partial charge is 0.274 e. The number of nitrogens with one attached hydrogen (secondary N) is 1. The van der Waals surface area contributed by atoms with Crippen molar-refractivity contribution in [2.24, 2.45) is 0 Å². The predicted octanol–water partition coefficient (Wildman–Crippen LogP) is 3.68. The van der Waals surface area contributed by atoms with Crippen LogP contribution >= 0.6 is 15.9 Å². The highest BCUT2D eigenvalue weighted by Crippen LogP contribution is 2.24. The molecule has 1 amide bonds. The van der Waals surface area contributed by atoms with Gasteiger partial charge in [0.25, 0.3) is 5.91 Å². The van der Waals surface area contributed by atoms with Gasteiger partial charge in [0.1, 0.15) is 11.4 Å². The molecule has 0 saturated carbocycles. The SMILES string of the molecule is Cc1cccc(C(=O)Nc2c(F)cc(Br)cc2F)n1. The molecule has 0 atom stereocenters. The Morgan fingerprint density at radius 2 is 1.89 bits per heavy atom. The number of carbonyl (C=O) groups is 1. The molecule has 2 rings (SSSR count). The van der Waals surface area contributed by atoms with E-state index in [1.165, 1.54) is 6.07 Å². The molecule has 0 bridgehead atoms. The maximum Gasteiger partial charge on any atom is 0.274 e. The Hall–Kier alpha value is -1.82. The van der Waals surface area contributed by atoms with E-state index in [4.69, 9.17) is 0 Å². The van der Waals surface area contributed by atoms with Gasteiger partial charge in [0, 0.05) is 10.2 Å². The Labute approximate surface area is 116 Å². The summed E-state index contributed by atoms with van der Waals surface area (Å²) in [5.74, 6) is -2.37. The van der Waals surface area contributed by atoms with Gasteiger partial charge >= 0.3 is 0 Å². The molecule has 0 aliphatic carbocycles. The molecular weight excluding hydrogens is 318 g/mol. The van der Waals surface area contributed by atoms with E-state index < -0.39 is 23.2 Å². The molecule has 0 aliphatic rings. The van der Waals surface area contributed by atoms with Crippen LogP contribution in [-0.4, -0.2) is 10.9 Å². The Kier molecular flexibility index (Phi) is 3.90. The van der Waals surface area contributed by atoms with Gasteiger partial charge < -0.3 is 5.32 Å². The first kappa shape index (κ1) is 13.6. The summed E-state index contributed by atoms with van der Waals surface area (Å²) in [6, 6.07) is 6.98. The number of amides is 1. The molecule has 19 heavy (non-hydrogen) atoms. The first-order valence-corrected chi connectivity index (χ1v) is 6.16. The van der Waals surface area contributed by atoms with Crippen LogP contribution in [-0.2, 0) is 0 Å². The summed E-state index contributed by atoms with van der Waals surface area (Å²) in [5.41, 5.74) is 0.252. The number of rotatable bonds is 2. The van der Waals surface area contributed by atoms with E-state index in [1.807, 2.05) is 0 Å². The van der Waals surface area contributed by atoms with Gasteiger partial charge in [-0.2, -0.15) is 0 Å². The molecule has 0 saturated heterocycles.